The first-order valence-electron chi connectivity index (χ1n) is 9.36. The third-order valence-corrected chi connectivity index (χ3v) is 5.11. The highest BCUT2D eigenvalue weighted by atomic mass is 127. The molecule has 0 amide bonds. The zero-order chi connectivity index (χ0) is 20.6. The van der Waals surface area contributed by atoms with Gasteiger partial charge in [-0.25, -0.2) is 0 Å². The predicted octanol–water partition coefficient (Wildman–Crippen LogP) is 4.30. The number of alkyl halides is 3. The lowest BCUT2D eigenvalue weighted by atomic mass is 9.93. The van der Waals surface area contributed by atoms with Crippen molar-refractivity contribution in [2.24, 2.45) is 10.9 Å². The normalized spacial score (nSPS) is 16.3. The van der Waals surface area contributed by atoms with Crippen molar-refractivity contribution in [2.45, 2.75) is 32.0 Å². The molecule has 10 heteroatoms. The number of rotatable bonds is 7. The van der Waals surface area contributed by atoms with E-state index in [0.717, 1.165) is 31.4 Å². The zero-order valence-corrected chi connectivity index (χ0v) is 19.8. The van der Waals surface area contributed by atoms with Crippen molar-refractivity contribution in [1.82, 2.24) is 15.5 Å². The molecule has 0 aromatic heterocycles. The van der Waals surface area contributed by atoms with Gasteiger partial charge in [-0.05, 0) is 50.4 Å². The van der Waals surface area contributed by atoms with E-state index >= 15 is 0 Å². The minimum Gasteiger partial charge on any atom is -0.496 e. The largest absolute Gasteiger partial charge is 0.496 e. The van der Waals surface area contributed by atoms with Crippen molar-refractivity contribution in [1.29, 1.82) is 0 Å². The van der Waals surface area contributed by atoms with Gasteiger partial charge in [-0.2, -0.15) is 13.2 Å². The molecule has 2 N–H and O–H groups in total. The lowest BCUT2D eigenvalue weighted by Crippen LogP contribution is -2.41. The molecule has 1 aromatic rings. The molecule has 1 saturated heterocycles. The molecule has 1 aliphatic rings. The van der Waals surface area contributed by atoms with Crippen LogP contribution in [-0.4, -0.2) is 57.4 Å². The number of methoxy groups -OCH3 is 1. The van der Waals surface area contributed by atoms with E-state index in [1.54, 1.807) is 20.2 Å². The number of likely N-dealkylation sites (tertiary alicyclic amines) is 1. The maximum absolute atomic E-state index is 12.4. The first-order chi connectivity index (χ1) is 13.3. The van der Waals surface area contributed by atoms with Crippen LogP contribution in [0.15, 0.2) is 23.2 Å². The molecule has 0 unspecified atom stereocenters. The van der Waals surface area contributed by atoms with Crippen LogP contribution in [0.5, 0.6) is 5.75 Å². The Kier molecular flexibility index (Phi) is 11.4. The van der Waals surface area contributed by atoms with Crippen molar-refractivity contribution in [2.75, 3.05) is 40.3 Å². The summed E-state index contributed by atoms with van der Waals surface area (Å²) in [5.41, 5.74) is 0.965. The third-order valence-electron chi connectivity index (χ3n) is 4.87. The molecule has 1 heterocycles. The quantitative estimate of drug-likeness (QED) is 0.303. The van der Waals surface area contributed by atoms with Gasteiger partial charge in [-0.15, -0.1) is 24.0 Å². The minimum absolute atomic E-state index is 0. The van der Waals surface area contributed by atoms with Gasteiger partial charge >= 0.3 is 6.18 Å². The standard InChI is InChI=1S/C19H28ClF3N4O.HI/c1-24-18(26-12-15-3-4-16(20)11-17(15)28-2)25-8-5-14-6-9-27(10-7-14)13-19(21,22)23;/h3-4,11,14H,5-10,12-13H2,1-2H3,(H2,24,25,26);1H. The molecule has 0 bridgehead atoms. The van der Waals surface area contributed by atoms with Gasteiger partial charge in [-0.1, -0.05) is 17.7 Å². The Morgan fingerprint density at radius 2 is 1.97 bits per heavy atom. The summed E-state index contributed by atoms with van der Waals surface area (Å²) in [6.45, 7) is 1.47. The number of hydrogen-bond acceptors (Lipinski definition) is 3. The van der Waals surface area contributed by atoms with Crippen molar-refractivity contribution < 1.29 is 17.9 Å². The summed E-state index contributed by atoms with van der Waals surface area (Å²) < 4.78 is 42.7. The summed E-state index contributed by atoms with van der Waals surface area (Å²) in [6, 6.07) is 5.47. The van der Waals surface area contributed by atoms with E-state index in [-0.39, 0.29) is 24.0 Å². The molecular weight excluding hydrogens is 520 g/mol. The van der Waals surface area contributed by atoms with Gasteiger partial charge in [0.1, 0.15) is 5.75 Å². The topological polar surface area (TPSA) is 48.9 Å². The van der Waals surface area contributed by atoms with Crippen LogP contribution >= 0.6 is 35.6 Å². The molecule has 29 heavy (non-hydrogen) atoms. The van der Waals surface area contributed by atoms with E-state index in [1.807, 2.05) is 12.1 Å². The highest BCUT2D eigenvalue weighted by Gasteiger charge is 2.32. The van der Waals surface area contributed by atoms with Gasteiger partial charge in [-0.3, -0.25) is 9.89 Å². The molecule has 0 radical (unpaired) electrons. The number of hydrogen-bond donors (Lipinski definition) is 2. The van der Waals surface area contributed by atoms with Gasteiger partial charge in [0.2, 0.25) is 0 Å². The van der Waals surface area contributed by atoms with Gasteiger partial charge in [0.15, 0.2) is 5.96 Å². The second-order valence-corrected chi connectivity index (χ2v) is 7.37. The highest BCUT2D eigenvalue weighted by molar-refractivity contribution is 14.0. The summed E-state index contributed by atoms with van der Waals surface area (Å²) in [7, 11) is 3.30. The van der Waals surface area contributed by atoms with Crippen LogP contribution in [0.25, 0.3) is 0 Å². The van der Waals surface area contributed by atoms with Gasteiger partial charge in [0.25, 0.3) is 0 Å². The van der Waals surface area contributed by atoms with E-state index in [2.05, 4.69) is 15.6 Å². The summed E-state index contributed by atoms with van der Waals surface area (Å²) in [5, 5.41) is 7.11. The molecular formula is C19H29ClF3IN4O. The Labute approximate surface area is 192 Å². The molecule has 1 fully saturated rings. The molecule has 166 valence electrons. The highest BCUT2D eigenvalue weighted by Crippen LogP contribution is 2.24. The number of ether oxygens (including phenoxy) is 1. The zero-order valence-electron chi connectivity index (χ0n) is 16.7. The SMILES string of the molecule is CN=C(NCCC1CCN(CC(F)(F)F)CC1)NCc1ccc(Cl)cc1OC.I. The lowest BCUT2D eigenvalue weighted by Gasteiger charge is -2.32. The summed E-state index contributed by atoms with van der Waals surface area (Å²) >= 11 is 5.97. The number of nitrogens with one attached hydrogen (secondary N) is 2. The van der Waals surface area contributed by atoms with E-state index < -0.39 is 12.7 Å². The monoisotopic (exact) mass is 548 g/mol. The maximum atomic E-state index is 12.4. The van der Waals surface area contributed by atoms with E-state index in [1.165, 1.54) is 4.90 Å². The Morgan fingerprint density at radius 1 is 1.28 bits per heavy atom. The number of piperidine rings is 1. The summed E-state index contributed by atoms with van der Waals surface area (Å²) in [4.78, 5) is 5.70. The van der Waals surface area contributed by atoms with Gasteiger partial charge in [0.05, 0.1) is 13.7 Å². The molecule has 0 spiro atoms. The van der Waals surface area contributed by atoms with Crippen LogP contribution in [-0.2, 0) is 6.54 Å². The molecule has 5 nitrogen and oxygen atoms in total. The number of nitrogens with zero attached hydrogens (tertiary/aromatic N) is 2. The Morgan fingerprint density at radius 3 is 2.55 bits per heavy atom. The summed E-state index contributed by atoms with van der Waals surface area (Å²) in [5.74, 6) is 1.82. The number of aliphatic imine (C=N–C) groups is 1. The first kappa shape index (κ1) is 26.1. The number of halogens is 5. The van der Waals surface area contributed by atoms with Crippen LogP contribution in [0.4, 0.5) is 13.2 Å². The summed E-state index contributed by atoms with van der Waals surface area (Å²) in [6.07, 6.45) is -1.61. The van der Waals surface area contributed by atoms with Crippen molar-refractivity contribution in [3.05, 3.63) is 28.8 Å². The minimum atomic E-state index is -4.11. The third kappa shape index (κ3) is 9.61. The van der Waals surface area contributed by atoms with E-state index in [4.69, 9.17) is 16.3 Å². The Hall–Kier alpha value is -0.940. The number of guanidine groups is 1. The van der Waals surface area contributed by atoms with Crippen LogP contribution in [0.2, 0.25) is 5.02 Å². The lowest BCUT2D eigenvalue weighted by molar-refractivity contribution is -0.148. The average molecular weight is 549 g/mol. The fraction of sp³-hybridized carbons (Fsp3) is 0.632. The maximum Gasteiger partial charge on any atom is 0.401 e. The van der Waals surface area contributed by atoms with Gasteiger partial charge in [0, 0.05) is 30.7 Å². The fourth-order valence-electron chi connectivity index (χ4n) is 3.35. The van der Waals surface area contributed by atoms with Crippen LogP contribution in [0, 0.1) is 5.92 Å². The number of benzene rings is 1. The Balaban J connectivity index is 0.00000420. The van der Waals surface area contributed by atoms with Gasteiger partial charge < -0.3 is 15.4 Å². The Bertz CT molecular complexity index is 653. The molecule has 1 aliphatic heterocycles. The van der Waals surface area contributed by atoms with Crippen molar-refractivity contribution in [3.63, 3.8) is 0 Å². The van der Waals surface area contributed by atoms with E-state index in [0.29, 0.717) is 42.3 Å². The molecule has 0 atom stereocenters. The average Bonchev–Trinajstić information content (AvgIpc) is 2.65. The second-order valence-electron chi connectivity index (χ2n) is 6.93. The predicted molar refractivity (Wildman–Crippen MR) is 121 cm³/mol. The second kappa shape index (κ2) is 12.7. The van der Waals surface area contributed by atoms with Crippen molar-refractivity contribution in [3.8, 4) is 5.75 Å². The van der Waals surface area contributed by atoms with Crippen LogP contribution < -0.4 is 15.4 Å². The first-order valence-corrected chi connectivity index (χ1v) is 9.74. The van der Waals surface area contributed by atoms with E-state index in [9.17, 15) is 13.2 Å². The molecule has 2 rings (SSSR count). The molecule has 0 aliphatic carbocycles. The van der Waals surface area contributed by atoms with Crippen LogP contribution in [0.3, 0.4) is 0 Å². The fourth-order valence-corrected chi connectivity index (χ4v) is 3.51. The smallest absolute Gasteiger partial charge is 0.401 e. The molecule has 1 aromatic carbocycles. The van der Waals surface area contributed by atoms with Crippen molar-refractivity contribution >= 4 is 41.5 Å². The van der Waals surface area contributed by atoms with Crippen LogP contribution in [0.1, 0.15) is 24.8 Å². The molecule has 0 saturated carbocycles.